The number of rotatable bonds is 1. The highest BCUT2D eigenvalue weighted by Gasteiger charge is 2.29. The van der Waals surface area contributed by atoms with E-state index in [-0.39, 0.29) is 11.7 Å². The lowest BCUT2D eigenvalue weighted by atomic mass is 9.81. The first kappa shape index (κ1) is 13.9. The maximum Gasteiger partial charge on any atom is 0.166 e. The molecule has 2 aliphatic rings. The summed E-state index contributed by atoms with van der Waals surface area (Å²) in [6.07, 6.45) is 3.11. The van der Waals surface area contributed by atoms with E-state index in [1.54, 1.807) is 6.21 Å². The molecule has 0 unspecified atom stereocenters. The van der Waals surface area contributed by atoms with Crippen molar-refractivity contribution in [3.8, 4) is 0 Å². The van der Waals surface area contributed by atoms with Gasteiger partial charge in [0.1, 0.15) is 0 Å². The minimum absolute atomic E-state index is 0.168. The van der Waals surface area contributed by atoms with Gasteiger partial charge in [-0.3, -0.25) is 9.79 Å². The summed E-state index contributed by atoms with van der Waals surface area (Å²) in [6.45, 7) is 2.09. The number of Topliss-reactive ketones (excluding diaryl/α,β-unsaturated/α-hetero) is 1. The van der Waals surface area contributed by atoms with E-state index in [1.165, 1.54) is 11.1 Å². The van der Waals surface area contributed by atoms with Crippen LogP contribution in [-0.2, 0) is 4.79 Å². The summed E-state index contributed by atoms with van der Waals surface area (Å²) in [7, 11) is 0. The molecular weight excluding hydrogens is 284 g/mol. The average Bonchev–Trinajstić information content (AvgIpc) is 2.74. The Balaban J connectivity index is 1.70. The van der Waals surface area contributed by atoms with Crippen molar-refractivity contribution < 1.29 is 4.79 Å². The molecule has 2 aromatic rings. The van der Waals surface area contributed by atoms with Crippen LogP contribution < -0.4 is 5.32 Å². The average molecular weight is 302 g/mol. The number of benzene rings is 2. The SMILES string of the molecule is Cc1cccc([C@@H]2CC(=O)C3=C(C2)Nc2ccccc2N=C3)c1. The Morgan fingerprint density at radius 2 is 1.96 bits per heavy atom. The Kier molecular flexibility index (Phi) is 3.34. The lowest BCUT2D eigenvalue weighted by molar-refractivity contribution is -0.115. The van der Waals surface area contributed by atoms with Gasteiger partial charge >= 0.3 is 0 Å². The highest BCUT2D eigenvalue weighted by molar-refractivity contribution is 6.16. The van der Waals surface area contributed by atoms with Gasteiger partial charge in [-0.2, -0.15) is 0 Å². The second kappa shape index (κ2) is 5.51. The summed E-state index contributed by atoms with van der Waals surface area (Å²) < 4.78 is 0. The number of hydrogen-bond acceptors (Lipinski definition) is 3. The fourth-order valence-electron chi connectivity index (χ4n) is 3.35. The van der Waals surface area contributed by atoms with Crippen molar-refractivity contribution in [3.63, 3.8) is 0 Å². The second-order valence-corrected chi connectivity index (χ2v) is 6.24. The molecule has 1 aliphatic heterocycles. The third-order valence-electron chi connectivity index (χ3n) is 4.54. The molecule has 0 fully saturated rings. The van der Waals surface area contributed by atoms with Crippen molar-refractivity contribution in [2.75, 3.05) is 5.32 Å². The van der Waals surface area contributed by atoms with Crippen LogP contribution in [0.15, 0.2) is 64.8 Å². The predicted molar refractivity (Wildman–Crippen MR) is 93.4 cm³/mol. The number of nitrogens with one attached hydrogen (secondary N) is 1. The smallest absolute Gasteiger partial charge is 0.166 e. The number of para-hydroxylation sites is 2. The lowest BCUT2D eigenvalue weighted by Crippen LogP contribution is -2.22. The van der Waals surface area contributed by atoms with Gasteiger partial charge in [-0.15, -0.1) is 0 Å². The Morgan fingerprint density at radius 3 is 2.83 bits per heavy atom. The number of carbonyl (C=O) groups excluding carboxylic acids is 1. The van der Waals surface area contributed by atoms with E-state index < -0.39 is 0 Å². The molecule has 0 amide bonds. The molecule has 1 aliphatic carbocycles. The van der Waals surface area contributed by atoms with E-state index in [2.05, 4.69) is 41.5 Å². The minimum atomic E-state index is 0.168. The zero-order chi connectivity index (χ0) is 15.8. The number of fused-ring (bicyclic) bond motifs is 1. The molecule has 0 radical (unpaired) electrons. The van der Waals surface area contributed by atoms with Crippen LogP contribution in [0.4, 0.5) is 11.4 Å². The van der Waals surface area contributed by atoms with Crippen molar-refractivity contribution in [1.82, 2.24) is 0 Å². The van der Waals surface area contributed by atoms with E-state index in [1.807, 2.05) is 24.3 Å². The molecule has 1 N–H and O–H groups in total. The van der Waals surface area contributed by atoms with Crippen LogP contribution in [0.25, 0.3) is 0 Å². The molecule has 114 valence electrons. The maximum absolute atomic E-state index is 12.6. The minimum Gasteiger partial charge on any atom is -0.356 e. The quantitative estimate of drug-likeness (QED) is 0.841. The molecule has 0 saturated carbocycles. The number of anilines is 1. The van der Waals surface area contributed by atoms with Gasteiger partial charge in [-0.25, -0.2) is 0 Å². The summed E-state index contributed by atoms with van der Waals surface area (Å²) in [5, 5.41) is 3.44. The van der Waals surface area contributed by atoms with Crippen LogP contribution in [0.2, 0.25) is 0 Å². The standard InChI is InChI=1S/C20H18N2O/c1-13-5-4-6-14(9-13)15-10-19-16(20(23)11-15)12-21-17-7-2-3-8-18(17)22-19/h2-9,12,15,22H,10-11H2,1H3/t15-/m0/s1. The zero-order valence-corrected chi connectivity index (χ0v) is 13.0. The van der Waals surface area contributed by atoms with Gasteiger partial charge in [0, 0.05) is 18.3 Å². The molecule has 1 heterocycles. The predicted octanol–water partition coefficient (Wildman–Crippen LogP) is 4.52. The molecular formula is C20H18N2O. The molecule has 3 nitrogen and oxygen atoms in total. The molecule has 0 saturated heterocycles. The van der Waals surface area contributed by atoms with E-state index in [9.17, 15) is 4.79 Å². The highest BCUT2D eigenvalue weighted by Crippen LogP contribution is 2.38. The van der Waals surface area contributed by atoms with Gasteiger partial charge in [0.25, 0.3) is 0 Å². The summed E-state index contributed by atoms with van der Waals surface area (Å²) >= 11 is 0. The number of aryl methyl sites for hydroxylation is 1. The molecule has 23 heavy (non-hydrogen) atoms. The van der Waals surface area contributed by atoms with Gasteiger partial charge in [0.15, 0.2) is 5.78 Å². The van der Waals surface area contributed by atoms with Crippen molar-refractivity contribution in [3.05, 3.63) is 70.9 Å². The van der Waals surface area contributed by atoms with Gasteiger partial charge < -0.3 is 5.32 Å². The number of allylic oxidation sites excluding steroid dienone is 2. The zero-order valence-electron chi connectivity index (χ0n) is 13.0. The number of aliphatic imine (C=N–C) groups is 1. The topological polar surface area (TPSA) is 41.5 Å². The van der Waals surface area contributed by atoms with Crippen LogP contribution >= 0.6 is 0 Å². The number of hydrogen-bond donors (Lipinski definition) is 1. The first-order valence-electron chi connectivity index (χ1n) is 7.94. The van der Waals surface area contributed by atoms with Gasteiger partial charge in [0.05, 0.1) is 16.9 Å². The summed E-state index contributed by atoms with van der Waals surface area (Å²) in [6, 6.07) is 16.4. The fourth-order valence-corrected chi connectivity index (χ4v) is 3.35. The molecule has 1 atom stereocenters. The first-order valence-corrected chi connectivity index (χ1v) is 7.94. The summed E-state index contributed by atoms with van der Waals surface area (Å²) in [4.78, 5) is 17.1. The Bertz CT molecular complexity index is 848. The number of carbonyl (C=O) groups is 1. The number of nitrogens with zero attached hydrogens (tertiary/aromatic N) is 1. The van der Waals surface area contributed by atoms with Crippen molar-refractivity contribution in [1.29, 1.82) is 0 Å². The normalized spacial score (nSPS) is 19.7. The van der Waals surface area contributed by atoms with Gasteiger partial charge in [-0.1, -0.05) is 42.0 Å². The van der Waals surface area contributed by atoms with Crippen LogP contribution in [0.3, 0.4) is 0 Å². The van der Waals surface area contributed by atoms with Crippen LogP contribution in [0.5, 0.6) is 0 Å². The Labute approximate surface area is 135 Å². The highest BCUT2D eigenvalue weighted by atomic mass is 16.1. The van der Waals surface area contributed by atoms with Crippen molar-refractivity contribution in [2.45, 2.75) is 25.7 Å². The third-order valence-corrected chi connectivity index (χ3v) is 4.54. The van der Waals surface area contributed by atoms with Crippen LogP contribution in [0.1, 0.15) is 29.9 Å². The molecule has 2 aromatic carbocycles. The molecule has 4 rings (SSSR count). The van der Waals surface area contributed by atoms with E-state index in [4.69, 9.17) is 0 Å². The maximum atomic E-state index is 12.6. The molecule has 0 spiro atoms. The lowest BCUT2D eigenvalue weighted by Gasteiger charge is -2.25. The van der Waals surface area contributed by atoms with Crippen molar-refractivity contribution in [2.24, 2.45) is 4.99 Å². The van der Waals surface area contributed by atoms with Crippen molar-refractivity contribution >= 4 is 23.4 Å². The monoisotopic (exact) mass is 302 g/mol. The summed E-state index contributed by atoms with van der Waals surface area (Å²) in [5.74, 6) is 0.397. The van der Waals surface area contributed by atoms with Gasteiger partial charge in [0.2, 0.25) is 0 Å². The van der Waals surface area contributed by atoms with E-state index >= 15 is 0 Å². The Hall–Kier alpha value is -2.68. The summed E-state index contributed by atoms with van der Waals surface area (Å²) in [5.41, 5.74) is 6.02. The first-order chi connectivity index (χ1) is 11.2. The number of ketones is 1. The van der Waals surface area contributed by atoms with Gasteiger partial charge in [-0.05, 0) is 37.0 Å². The Morgan fingerprint density at radius 1 is 1.09 bits per heavy atom. The van der Waals surface area contributed by atoms with Crippen LogP contribution in [-0.4, -0.2) is 12.0 Å². The molecule has 0 aromatic heterocycles. The molecule has 3 heteroatoms. The molecule has 0 bridgehead atoms. The third kappa shape index (κ3) is 2.59. The van der Waals surface area contributed by atoms with E-state index in [0.717, 1.165) is 29.1 Å². The second-order valence-electron chi connectivity index (χ2n) is 6.24. The largest absolute Gasteiger partial charge is 0.356 e. The van der Waals surface area contributed by atoms with Crippen LogP contribution in [0, 0.1) is 6.92 Å². The van der Waals surface area contributed by atoms with E-state index in [0.29, 0.717) is 6.42 Å². The fraction of sp³-hybridized carbons (Fsp3) is 0.200.